The molecule has 7 nitrogen and oxygen atoms in total. The van der Waals surface area contributed by atoms with Crippen molar-refractivity contribution in [2.45, 2.75) is 44.4 Å². The van der Waals surface area contributed by atoms with Crippen molar-refractivity contribution in [1.29, 1.82) is 0 Å². The summed E-state index contributed by atoms with van der Waals surface area (Å²) in [5.41, 5.74) is 2.12. The average Bonchev–Trinajstić information content (AvgIpc) is 3.41. The third-order valence-electron chi connectivity index (χ3n) is 5.59. The zero-order valence-electron chi connectivity index (χ0n) is 15.8. The number of piperidine rings is 1. The summed E-state index contributed by atoms with van der Waals surface area (Å²) in [5.74, 6) is 2.63. The van der Waals surface area contributed by atoms with Crippen LogP contribution in [0.2, 0.25) is 0 Å². The first-order chi connectivity index (χ1) is 13.2. The number of hydrogen-bond donors (Lipinski definition) is 2. The molecule has 2 amide bonds. The van der Waals surface area contributed by atoms with E-state index in [-0.39, 0.29) is 6.03 Å². The molecule has 1 aromatic carbocycles. The van der Waals surface area contributed by atoms with E-state index in [0.717, 1.165) is 69.3 Å². The Labute approximate surface area is 159 Å². The molecule has 2 aliphatic rings. The number of amides is 2. The number of carbonyl (C=O) groups excluding carboxylic acids is 1. The number of carbonyl (C=O) groups is 1. The van der Waals surface area contributed by atoms with E-state index in [1.54, 1.807) is 0 Å². The Kier molecular flexibility index (Phi) is 5.38. The number of likely N-dealkylation sites (tertiary alicyclic amines) is 1. The number of H-pyrrole nitrogens is 1. The van der Waals surface area contributed by atoms with Crippen molar-refractivity contribution in [2.24, 2.45) is 0 Å². The Morgan fingerprint density at radius 2 is 2.00 bits per heavy atom. The molecule has 0 spiro atoms. The van der Waals surface area contributed by atoms with Crippen molar-refractivity contribution in [2.75, 3.05) is 31.6 Å². The van der Waals surface area contributed by atoms with Gasteiger partial charge >= 0.3 is 6.03 Å². The third kappa shape index (κ3) is 4.13. The molecule has 2 aromatic rings. The molecule has 2 fully saturated rings. The van der Waals surface area contributed by atoms with Crippen LogP contribution in [0.4, 0.5) is 10.5 Å². The van der Waals surface area contributed by atoms with E-state index in [2.05, 4.69) is 39.6 Å². The Morgan fingerprint density at radius 1 is 1.22 bits per heavy atom. The summed E-state index contributed by atoms with van der Waals surface area (Å²) in [6.07, 6.45) is 3.73. The Hall–Kier alpha value is -2.41. The van der Waals surface area contributed by atoms with E-state index < -0.39 is 0 Å². The highest BCUT2D eigenvalue weighted by atomic mass is 16.5. The molecule has 1 aromatic heterocycles. The van der Waals surface area contributed by atoms with Gasteiger partial charge in [-0.15, -0.1) is 0 Å². The van der Waals surface area contributed by atoms with E-state index in [1.807, 2.05) is 17.0 Å². The van der Waals surface area contributed by atoms with Gasteiger partial charge in [0, 0.05) is 43.6 Å². The molecular formula is C20H27N5O2. The molecule has 7 heteroatoms. The number of nitrogens with one attached hydrogen (secondary N) is 2. The maximum Gasteiger partial charge on any atom is 0.321 e. The maximum atomic E-state index is 12.6. The molecule has 4 rings (SSSR count). The summed E-state index contributed by atoms with van der Waals surface area (Å²) >= 11 is 0. The highest BCUT2D eigenvalue weighted by Gasteiger charge is 2.26. The predicted molar refractivity (Wildman–Crippen MR) is 103 cm³/mol. The summed E-state index contributed by atoms with van der Waals surface area (Å²) in [4.78, 5) is 19.0. The van der Waals surface area contributed by atoms with Gasteiger partial charge in [0.1, 0.15) is 5.82 Å². The lowest BCUT2D eigenvalue weighted by atomic mass is 9.96. The fourth-order valence-corrected chi connectivity index (χ4v) is 3.83. The predicted octanol–water partition coefficient (Wildman–Crippen LogP) is 3.28. The van der Waals surface area contributed by atoms with Crippen molar-refractivity contribution in [3.63, 3.8) is 0 Å². The van der Waals surface area contributed by atoms with E-state index in [0.29, 0.717) is 11.8 Å². The summed E-state index contributed by atoms with van der Waals surface area (Å²) in [6.45, 7) is 5.15. The molecule has 2 N–H and O–H groups in total. The Balaban J connectivity index is 1.29. The van der Waals surface area contributed by atoms with Gasteiger partial charge in [-0.2, -0.15) is 5.10 Å². The molecule has 3 heterocycles. The zero-order chi connectivity index (χ0) is 18.6. The van der Waals surface area contributed by atoms with E-state index in [1.165, 1.54) is 5.56 Å². The van der Waals surface area contributed by atoms with Crippen LogP contribution in [-0.4, -0.2) is 52.4 Å². The van der Waals surface area contributed by atoms with Crippen molar-refractivity contribution in [3.8, 4) is 0 Å². The van der Waals surface area contributed by atoms with E-state index in [4.69, 9.17) is 4.74 Å². The molecule has 0 saturated carbocycles. The second-order valence-electron chi connectivity index (χ2n) is 7.37. The second kappa shape index (κ2) is 8.08. The molecular weight excluding hydrogens is 342 g/mol. The van der Waals surface area contributed by atoms with Gasteiger partial charge in [0.05, 0.1) is 6.61 Å². The standard InChI is InChI=1S/C20H27N5O2/c1-2-18-22-19(24-23-18)15-7-10-25(11-8-15)20(26)21-17-5-3-14(4-6-17)16-9-12-27-13-16/h3-6,15-16H,2,7-13H2,1H3,(H,21,26)(H,22,23,24). The number of hydrogen-bond acceptors (Lipinski definition) is 4. The monoisotopic (exact) mass is 369 g/mol. The minimum absolute atomic E-state index is 0.0327. The topological polar surface area (TPSA) is 83.1 Å². The van der Waals surface area contributed by atoms with Gasteiger partial charge in [-0.3, -0.25) is 5.10 Å². The van der Waals surface area contributed by atoms with Crippen molar-refractivity contribution in [3.05, 3.63) is 41.5 Å². The van der Waals surface area contributed by atoms with Crippen LogP contribution in [0.25, 0.3) is 0 Å². The fraction of sp³-hybridized carbons (Fsp3) is 0.550. The largest absolute Gasteiger partial charge is 0.381 e. The minimum Gasteiger partial charge on any atom is -0.381 e. The first-order valence-electron chi connectivity index (χ1n) is 9.87. The number of rotatable bonds is 4. The summed E-state index contributed by atoms with van der Waals surface area (Å²) in [7, 11) is 0. The van der Waals surface area contributed by atoms with Crippen LogP contribution in [0.1, 0.15) is 55.2 Å². The maximum absolute atomic E-state index is 12.6. The van der Waals surface area contributed by atoms with Gasteiger partial charge in [0.15, 0.2) is 5.82 Å². The van der Waals surface area contributed by atoms with E-state index in [9.17, 15) is 4.79 Å². The smallest absolute Gasteiger partial charge is 0.321 e. The minimum atomic E-state index is -0.0327. The highest BCUT2D eigenvalue weighted by molar-refractivity contribution is 5.89. The molecule has 0 bridgehead atoms. The summed E-state index contributed by atoms with van der Waals surface area (Å²) in [6, 6.07) is 8.12. The van der Waals surface area contributed by atoms with Gasteiger partial charge in [-0.05, 0) is 37.0 Å². The van der Waals surface area contributed by atoms with Crippen molar-refractivity contribution < 1.29 is 9.53 Å². The quantitative estimate of drug-likeness (QED) is 0.866. The van der Waals surface area contributed by atoms with Crippen LogP contribution >= 0.6 is 0 Å². The van der Waals surface area contributed by atoms with Gasteiger partial charge in [-0.1, -0.05) is 19.1 Å². The SMILES string of the molecule is CCc1nc(C2CCN(C(=O)Nc3ccc(C4CCOC4)cc3)CC2)n[nH]1. The van der Waals surface area contributed by atoms with Gasteiger partial charge in [-0.25, -0.2) is 9.78 Å². The first-order valence-corrected chi connectivity index (χ1v) is 9.87. The first kappa shape index (κ1) is 18.0. The normalized spacial score (nSPS) is 20.8. The molecule has 2 aliphatic heterocycles. The molecule has 27 heavy (non-hydrogen) atoms. The van der Waals surface area contributed by atoms with Gasteiger partial charge in [0.2, 0.25) is 0 Å². The number of anilines is 1. The number of nitrogens with zero attached hydrogens (tertiary/aromatic N) is 3. The molecule has 1 unspecified atom stereocenters. The van der Waals surface area contributed by atoms with Crippen LogP contribution in [0.15, 0.2) is 24.3 Å². The average molecular weight is 369 g/mol. The van der Waals surface area contributed by atoms with E-state index >= 15 is 0 Å². The molecule has 144 valence electrons. The van der Waals surface area contributed by atoms with Crippen LogP contribution < -0.4 is 5.32 Å². The molecule has 2 saturated heterocycles. The molecule has 0 aliphatic carbocycles. The lowest BCUT2D eigenvalue weighted by molar-refractivity contribution is 0.193. The molecule has 0 radical (unpaired) electrons. The lowest BCUT2D eigenvalue weighted by Crippen LogP contribution is -2.40. The van der Waals surface area contributed by atoms with Gasteiger partial charge in [0.25, 0.3) is 0 Å². The lowest BCUT2D eigenvalue weighted by Gasteiger charge is -2.30. The van der Waals surface area contributed by atoms with Crippen molar-refractivity contribution >= 4 is 11.7 Å². The number of benzene rings is 1. The zero-order valence-corrected chi connectivity index (χ0v) is 15.8. The van der Waals surface area contributed by atoms with Crippen LogP contribution in [-0.2, 0) is 11.2 Å². The summed E-state index contributed by atoms with van der Waals surface area (Å²) in [5, 5.41) is 10.3. The third-order valence-corrected chi connectivity index (χ3v) is 5.59. The Bertz CT molecular complexity index is 759. The van der Waals surface area contributed by atoms with Crippen LogP contribution in [0.5, 0.6) is 0 Å². The number of aromatic nitrogens is 3. The van der Waals surface area contributed by atoms with Crippen LogP contribution in [0.3, 0.4) is 0 Å². The number of urea groups is 1. The fourth-order valence-electron chi connectivity index (χ4n) is 3.83. The number of aryl methyl sites for hydroxylation is 1. The van der Waals surface area contributed by atoms with Crippen LogP contribution in [0, 0.1) is 0 Å². The second-order valence-corrected chi connectivity index (χ2v) is 7.37. The number of aromatic amines is 1. The number of ether oxygens (including phenoxy) is 1. The Morgan fingerprint density at radius 3 is 2.63 bits per heavy atom. The van der Waals surface area contributed by atoms with Gasteiger partial charge < -0.3 is 15.0 Å². The van der Waals surface area contributed by atoms with Crippen molar-refractivity contribution in [1.82, 2.24) is 20.1 Å². The highest BCUT2D eigenvalue weighted by Crippen LogP contribution is 2.27. The summed E-state index contributed by atoms with van der Waals surface area (Å²) < 4.78 is 5.45. The molecule has 1 atom stereocenters.